The van der Waals surface area contributed by atoms with Crippen molar-refractivity contribution in [2.45, 2.75) is 17.8 Å². The zero-order valence-corrected chi connectivity index (χ0v) is 10.6. The van der Waals surface area contributed by atoms with Crippen LogP contribution in [0.4, 0.5) is 26.3 Å². The standard InChI is InChI=1S/C9H3F6N2.Ir/c10-7(11)4-5(6-16-2-1-3-17-6)8(12,13)9(7,14)15;/h1-3H;/q-1;. The van der Waals surface area contributed by atoms with Crippen LogP contribution in [0.5, 0.6) is 0 Å². The number of rotatable bonds is 1. The van der Waals surface area contributed by atoms with E-state index in [1.807, 2.05) is 0 Å². The predicted octanol–water partition coefficient (Wildman–Crippen LogP) is 2.58. The first-order valence-corrected chi connectivity index (χ1v) is 4.26. The van der Waals surface area contributed by atoms with Gasteiger partial charge in [-0.05, 0) is 6.07 Å². The van der Waals surface area contributed by atoms with Crippen molar-refractivity contribution in [2.24, 2.45) is 0 Å². The van der Waals surface area contributed by atoms with Crippen LogP contribution in [0.15, 0.2) is 18.5 Å². The van der Waals surface area contributed by atoms with E-state index in [0.717, 1.165) is 18.5 Å². The maximum atomic E-state index is 13.2. The van der Waals surface area contributed by atoms with Crippen LogP contribution in [-0.4, -0.2) is 27.7 Å². The fraction of sp³-hybridized carbons (Fsp3) is 0.333. The molecular weight excluding hydrogens is 442 g/mol. The van der Waals surface area contributed by atoms with Gasteiger partial charge in [0.2, 0.25) is 0 Å². The van der Waals surface area contributed by atoms with Crippen molar-refractivity contribution in [1.82, 2.24) is 9.97 Å². The molecule has 0 unspecified atom stereocenters. The summed E-state index contributed by atoms with van der Waals surface area (Å²) in [7, 11) is 0. The minimum atomic E-state index is -5.53. The molecule has 1 aliphatic rings. The van der Waals surface area contributed by atoms with E-state index in [9.17, 15) is 26.3 Å². The van der Waals surface area contributed by atoms with Crippen LogP contribution in [0.1, 0.15) is 5.82 Å². The molecule has 0 aromatic carbocycles. The van der Waals surface area contributed by atoms with E-state index < -0.39 is 29.2 Å². The van der Waals surface area contributed by atoms with Gasteiger partial charge in [0.25, 0.3) is 5.92 Å². The molecule has 2 nitrogen and oxygen atoms in total. The summed E-state index contributed by atoms with van der Waals surface area (Å²) in [4.78, 5) is 6.46. The van der Waals surface area contributed by atoms with Gasteiger partial charge in [-0.25, -0.2) is 8.78 Å². The zero-order valence-electron chi connectivity index (χ0n) is 8.23. The molecule has 1 heterocycles. The molecule has 1 radical (unpaired) electrons. The van der Waals surface area contributed by atoms with Crippen LogP contribution >= 0.6 is 0 Å². The fourth-order valence-corrected chi connectivity index (χ4v) is 1.29. The molecule has 0 atom stereocenters. The maximum Gasteiger partial charge on any atom is 0.360 e. The number of allylic oxidation sites excluding steroid dienone is 2. The number of halogens is 6. The van der Waals surface area contributed by atoms with E-state index in [4.69, 9.17) is 0 Å². The minimum absolute atomic E-state index is 0. The van der Waals surface area contributed by atoms with Gasteiger partial charge in [-0.2, -0.15) is 23.6 Å². The molecule has 0 saturated heterocycles. The normalized spacial score (nSPS) is 23.1. The van der Waals surface area contributed by atoms with E-state index in [1.165, 1.54) is 6.07 Å². The molecule has 18 heavy (non-hydrogen) atoms. The third-order valence-electron chi connectivity index (χ3n) is 2.17. The van der Waals surface area contributed by atoms with Crippen molar-refractivity contribution >= 4 is 5.57 Å². The summed E-state index contributed by atoms with van der Waals surface area (Å²) < 4.78 is 77.4. The Balaban J connectivity index is 0.00000162. The van der Waals surface area contributed by atoms with E-state index in [-0.39, 0.29) is 20.1 Å². The monoisotopic (exact) mass is 446 g/mol. The molecule has 101 valence electrons. The Morgan fingerprint density at radius 1 is 0.944 bits per heavy atom. The Hall–Kier alpha value is -0.951. The third kappa shape index (κ3) is 1.85. The van der Waals surface area contributed by atoms with Crippen LogP contribution in [0.3, 0.4) is 0 Å². The summed E-state index contributed by atoms with van der Waals surface area (Å²) in [6, 6.07) is 1.23. The molecule has 0 spiro atoms. The third-order valence-corrected chi connectivity index (χ3v) is 2.17. The smallest absolute Gasteiger partial charge is 0.332 e. The van der Waals surface area contributed by atoms with Gasteiger partial charge in [0.1, 0.15) is 0 Å². The molecule has 0 aliphatic heterocycles. The molecule has 1 aliphatic carbocycles. The van der Waals surface area contributed by atoms with E-state index in [0.29, 0.717) is 0 Å². The molecule has 1 aromatic rings. The van der Waals surface area contributed by atoms with Gasteiger partial charge in [-0.15, -0.1) is 0 Å². The van der Waals surface area contributed by atoms with Crippen molar-refractivity contribution in [3.63, 3.8) is 0 Å². The Bertz CT molecular complexity index is 473. The van der Waals surface area contributed by atoms with Gasteiger partial charge in [0.05, 0.1) is 0 Å². The topological polar surface area (TPSA) is 25.8 Å². The van der Waals surface area contributed by atoms with Crippen LogP contribution in [-0.2, 0) is 20.1 Å². The summed E-state index contributed by atoms with van der Waals surface area (Å²) in [5.41, 5.74) is -1.69. The van der Waals surface area contributed by atoms with Gasteiger partial charge in [-0.3, -0.25) is 0 Å². The Labute approximate surface area is 110 Å². The van der Waals surface area contributed by atoms with E-state index >= 15 is 0 Å². The zero-order chi connectivity index (χ0) is 12.9. The first-order chi connectivity index (χ1) is 7.70. The molecule has 0 saturated carbocycles. The number of alkyl halides is 6. The van der Waals surface area contributed by atoms with Crippen molar-refractivity contribution in [2.75, 3.05) is 0 Å². The van der Waals surface area contributed by atoms with E-state index in [2.05, 4.69) is 9.97 Å². The second kappa shape index (κ2) is 4.31. The molecular formula is C9H3F6IrN2-. The maximum absolute atomic E-state index is 13.2. The predicted molar refractivity (Wildman–Crippen MR) is 43.5 cm³/mol. The van der Waals surface area contributed by atoms with Gasteiger partial charge < -0.3 is 9.97 Å². The fourth-order valence-electron chi connectivity index (χ4n) is 1.29. The summed E-state index contributed by atoms with van der Waals surface area (Å²) in [5, 5.41) is 0. The van der Waals surface area contributed by atoms with Crippen LogP contribution in [0, 0.1) is 6.08 Å². The van der Waals surface area contributed by atoms with Gasteiger partial charge >= 0.3 is 11.8 Å². The molecule has 0 amide bonds. The van der Waals surface area contributed by atoms with Crippen LogP contribution < -0.4 is 0 Å². The molecule has 2 rings (SSSR count). The Kier molecular flexibility index (Phi) is 3.62. The van der Waals surface area contributed by atoms with Crippen molar-refractivity contribution in [3.05, 3.63) is 30.4 Å². The SMILES string of the molecule is FC1(F)[C-]=C(c2ncccn2)C(F)(F)C1(F)F.[Ir]. The van der Waals surface area contributed by atoms with E-state index in [1.54, 1.807) is 0 Å². The summed E-state index contributed by atoms with van der Waals surface area (Å²) in [6.45, 7) is 0. The van der Waals surface area contributed by atoms with Crippen LogP contribution in [0.25, 0.3) is 5.57 Å². The molecule has 0 fully saturated rings. The number of hydrogen-bond acceptors (Lipinski definition) is 2. The number of aromatic nitrogens is 2. The summed E-state index contributed by atoms with van der Waals surface area (Å²) in [5.74, 6) is -16.5. The molecule has 0 N–H and O–H groups in total. The first-order valence-electron chi connectivity index (χ1n) is 4.26. The van der Waals surface area contributed by atoms with Gasteiger partial charge in [-0.1, -0.05) is 5.57 Å². The second-order valence-electron chi connectivity index (χ2n) is 3.30. The second-order valence-corrected chi connectivity index (χ2v) is 3.30. The number of hydrogen-bond donors (Lipinski definition) is 0. The first kappa shape index (κ1) is 15.1. The molecule has 9 heteroatoms. The average Bonchev–Trinajstić information content (AvgIpc) is 2.37. The number of nitrogens with zero attached hydrogens (tertiary/aromatic N) is 2. The van der Waals surface area contributed by atoms with Crippen molar-refractivity contribution in [3.8, 4) is 0 Å². The van der Waals surface area contributed by atoms with Crippen molar-refractivity contribution in [1.29, 1.82) is 0 Å². The average molecular weight is 445 g/mol. The largest absolute Gasteiger partial charge is 0.360 e. The minimum Gasteiger partial charge on any atom is -0.332 e. The van der Waals surface area contributed by atoms with Crippen LogP contribution in [0.2, 0.25) is 0 Å². The quantitative estimate of drug-likeness (QED) is 0.491. The van der Waals surface area contributed by atoms with Crippen molar-refractivity contribution < 1.29 is 46.4 Å². The van der Waals surface area contributed by atoms with Gasteiger partial charge in [0.15, 0.2) is 0 Å². The molecule has 0 bridgehead atoms. The summed E-state index contributed by atoms with van der Waals surface area (Å²) >= 11 is 0. The molecule has 1 aromatic heterocycles. The summed E-state index contributed by atoms with van der Waals surface area (Å²) in [6.07, 6.45) is 2.73. The Morgan fingerprint density at radius 2 is 1.44 bits per heavy atom. The Morgan fingerprint density at radius 3 is 1.83 bits per heavy atom. The van der Waals surface area contributed by atoms with Gasteiger partial charge in [0, 0.05) is 38.3 Å².